The quantitative estimate of drug-likeness (QED) is 0.735. The fourth-order valence-corrected chi connectivity index (χ4v) is 1.14. The summed E-state index contributed by atoms with van der Waals surface area (Å²) in [6.07, 6.45) is 0. The zero-order chi connectivity index (χ0) is 12.4. The van der Waals surface area contributed by atoms with E-state index in [4.69, 9.17) is 4.74 Å². The number of ether oxygens (including phenoxy) is 1. The first kappa shape index (κ1) is 11.1. The molecule has 0 unspecified atom stereocenters. The molecule has 2 rings (SSSR count). The van der Waals surface area contributed by atoms with Crippen molar-refractivity contribution < 1.29 is 28.4 Å². The van der Waals surface area contributed by atoms with Crippen molar-refractivity contribution in [3.63, 3.8) is 0 Å². The second-order valence-electron chi connectivity index (χ2n) is 2.97. The summed E-state index contributed by atoms with van der Waals surface area (Å²) in [6.45, 7) is 0. The minimum absolute atomic E-state index is 0.162. The van der Waals surface area contributed by atoms with Gasteiger partial charge in [0.1, 0.15) is 11.4 Å². The predicted octanol–water partition coefficient (Wildman–Crippen LogP) is 0.0753. The number of hydrogen-bond acceptors (Lipinski definition) is 7. The van der Waals surface area contributed by atoms with Crippen molar-refractivity contribution in [2.45, 2.75) is 0 Å². The van der Waals surface area contributed by atoms with Gasteiger partial charge in [0.2, 0.25) is 0 Å². The van der Waals surface area contributed by atoms with E-state index in [1.807, 2.05) is 5.59 Å². The third-order valence-corrected chi connectivity index (χ3v) is 1.93. The highest BCUT2D eigenvalue weighted by molar-refractivity contribution is 6.30. The molecule has 0 aromatic heterocycles. The van der Waals surface area contributed by atoms with Crippen LogP contribution in [-0.2, 0) is 19.3 Å². The average Bonchev–Trinajstić information content (AvgIpc) is 2.33. The van der Waals surface area contributed by atoms with Crippen molar-refractivity contribution in [3.8, 4) is 5.75 Å². The third-order valence-electron chi connectivity index (χ3n) is 1.93. The first-order chi connectivity index (χ1) is 8.11. The van der Waals surface area contributed by atoms with Gasteiger partial charge < -0.3 is 14.4 Å². The van der Waals surface area contributed by atoms with Gasteiger partial charge in [-0.1, -0.05) is 5.17 Å². The Labute approximate surface area is 94.5 Å². The van der Waals surface area contributed by atoms with Crippen LogP contribution < -0.4 is 15.5 Å². The van der Waals surface area contributed by atoms with Gasteiger partial charge in [0, 0.05) is 6.07 Å². The largest absolute Gasteiger partial charge is 0.497 e. The topological polar surface area (TPSA) is 77.1 Å². The van der Waals surface area contributed by atoms with E-state index in [1.165, 1.54) is 19.2 Å². The lowest BCUT2D eigenvalue weighted by molar-refractivity contribution is -0.192. The molecule has 1 fully saturated rings. The van der Waals surface area contributed by atoms with E-state index < -0.39 is 17.8 Å². The molecule has 1 aliphatic heterocycles. The summed E-state index contributed by atoms with van der Waals surface area (Å²) in [7, 11) is 1.40. The van der Waals surface area contributed by atoms with E-state index in [0.29, 0.717) is 10.9 Å². The minimum atomic E-state index is -1.26. The Bertz CT molecular complexity index is 478. The number of hydrazine groups is 1. The molecule has 17 heavy (non-hydrogen) atoms. The number of benzene rings is 1. The van der Waals surface area contributed by atoms with Gasteiger partial charge in [-0.3, -0.25) is 0 Å². The van der Waals surface area contributed by atoms with Gasteiger partial charge in [-0.2, -0.15) is 0 Å². The summed E-state index contributed by atoms with van der Waals surface area (Å²) in [6, 6.07) is 3.76. The van der Waals surface area contributed by atoms with Gasteiger partial charge in [0.15, 0.2) is 5.82 Å². The number of rotatable bonds is 2. The fraction of sp³-hybridized carbons (Fsp3) is 0.111. The zero-order valence-electron chi connectivity index (χ0n) is 8.60. The molecule has 0 aliphatic carbocycles. The van der Waals surface area contributed by atoms with Crippen LogP contribution in [0.3, 0.4) is 0 Å². The molecule has 8 heteroatoms. The summed E-state index contributed by atoms with van der Waals surface area (Å²) in [5.74, 6) is -2.82. The number of carbonyl (C=O) groups is 2. The van der Waals surface area contributed by atoms with E-state index in [9.17, 15) is 14.0 Å². The van der Waals surface area contributed by atoms with E-state index in [0.717, 1.165) is 6.07 Å². The van der Waals surface area contributed by atoms with Crippen LogP contribution in [0, 0.1) is 5.82 Å². The monoisotopic (exact) mass is 242 g/mol. The Hall–Kier alpha value is -2.35. The number of anilines is 1. The van der Waals surface area contributed by atoms with Crippen molar-refractivity contribution in [3.05, 3.63) is 24.0 Å². The molecular formula is C9H7FN2O5. The maximum Gasteiger partial charge on any atom is 0.444 e. The summed E-state index contributed by atoms with van der Waals surface area (Å²) >= 11 is 0. The molecule has 1 aromatic rings. The van der Waals surface area contributed by atoms with Crippen LogP contribution in [0.25, 0.3) is 0 Å². The highest BCUT2D eigenvalue weighted by Gasteiger charge is 2.30. The van der Waals surface area contributed by atoms with E-state index >= 15 is 0 Å². The summed E-state index contributed by atoms with van der Waals surface area (Å²) in [5, 5.41) is 0.585. The first-order valence-electron chi connectivity index (χ1n) is 4.44. The number of carbonyl (C=O) groups excluding carboxylic acids is 2. The molecule has 0 bridgehead atoms. The molecule has 1 aromatic carbocycles. The van der Waals surface area contributed by atoms with Gasteiger partial charge in [-0.15, -0.1) is 0 Å². The Morgan fingerprint density at radius 3 is 2.76 bits per heavy atom. The van der Waals surface area contributed by atoms with Gasteiger partial charge in [-0.25, -0.2) is 14.0 Å². The van der Waals surface area contributed by atoms with E-state index in [-0.39, 0.29) is 5.69 Å². The van der Waals surface area contributed by atoms with E-state index in [1.54, 1.807) is 0 Å². The van der Waals surface area contributed by atoms with Gasteiger partial charge in [0.05, 0.1) is 7.11 Å². The molecule has 1 saturated heterocycles. The molecule has 0 amide bonds. The normalized spacial score (nSPS) is 15.3. The molecule has 0 atom stereocenters. The Balaban J connectivity index is 2.27. The summed E-state index contributed by atoms with van der Waals surface area (Å²) in [5.41, 5.74) is 1.79. The molecule has 1 aliphatic rings. The van der Waals surface area contributed by atoms with Crippen molar-refractivity contribution >= 4 is 17.6 Å². The molecule has 90 valence electrons. The maximum atomic E-state index is 13.4. The Morgan fingerprint density at radius 1 is 1.35 bits per heavy atom. The van der Waals surface area contributed by atoms with Crippen LogP contribution in [0.2, 0.25) is 0 Å². The average molecular weight is 242 g/mol. The first-order valence-corrected chi connectivity index (χ1v) is 4.44. The Kier molecular flexibility index (Phi) is 2.79. The second kappa shape index (κ2) is 4.26. The van der Waals surface area contributed by atoms with Gasteiger partial charge in [-0.05, 0) is 17.7 Å². The van der Waals surface area contributed by atoms with Gasteiger partial charge in [0.25, 0.3) is 0 Å². The lowest BCUT2D eigenvalue weighted by Gasteiger charge is -2.25. The number of nitrogens with one attached hydrogen (secondary N) is 1. The third kappa shape index (κ3) is 2.11. The summed E-state index contributed by atoms with van der Waals surface area (Å²) in [4.78, 5) is 30.3. The van der Waals surface area contributed by atoms with Crippen molar-refractivity contribution in [2.75, 3.05) is 12.3 Å². The minimum Gasteiger partial charge on any atom is -0.497 e. The smallest absolute Gasteiger partial charge is 0.444 e. The predicted molar refractivity (Wildman–Crippen MR) is 50.8 cm³/mol. The lowest BCUT2D eigenvalue weighted by atomic mass is 10.3. The molecule has 1 heterocycles. The highest BCUT2D eigenvalue weighted by atomic mass is 19.1. The number of methoxy groups -OCH3 is 1. The van der Waals surface area contributed by atoms with Crippen LogP contribution in [0.1, 0.15) is 0 Å². The van der Waals surface area contributed by atoms with Crippen LogP contribution >= 0.6 is 0 Å². The zero-order valence-corrected chi connectivity index (χ0v) is 8.60. The van der Waals surface area contributed by atoms with E-state index in [2.05, 4.69) is 9.68 Å². The highest BCUT2D eigenvalue weighted by Crippen LogP contribution is 2.24. The molecule has 0 radical (unpaired) electrons. The maximum absolute atomic E-state index is 13.4. The molecule has 0 saturated carbocycles. The second-order valence-corrected chi connectivity index (χ2v) is 2.97. The number of halogens is 1. The van der Waals surface area contributed by atoms with Crippen LogP contribution in [0.15, 0.2) is 18.2 Å². The number of hydrogen-bond donors (Lipinski definition) is 1. The standard InChI is InChI=1S/C9H7FN2O5/c1-15-5-2-3-6(10)7(4-5)12-11-16-8(13)9(14)17-12/h2-4,11H,1H3. The number of nitrogens with zero attached hydrogens (tertiary/aromatic N) is 1. The SMILES string of the molecule is COc1ccc(F)c(N2NOC(=O)C(=O)O2)c1. The van der Waals surface area contributed by atoms with Gasteiger partial charge >= 0.3 is 11.9 Å². The Morgan fingerprint density at radius 2 is 2.12 bits per heavy atom. The molecular weight excluding hydrogens is 235 g/mol. The van der Waals surface area contributed by atoms with Crippen LogP contribution in [0.4, 0.5) is 10.1 Å². The molecule has 1 N–H and O–H groups in total. The van der Waals surface area contributed by atoms with Crippen molar-refractivity contribution in [1.82, 2.24) is 5.59 Å². The lowest BCUT2D eigenvalue weighted by Crippen LogP contribution is -2.49. The fourth-order valence-electron chi connectivity index (χ4n) is 1.14. The van der Waals surface area contributed by atoms with Crippen molar-refractivity contribution in [1.29, 1.82) is 0 Å². The summed E-state index contributed by atoms with van der Waals surface area (Å²) < 4.78 is 18.3. The molecule has 0 spiro atoms. The molecule has 7 nitrogen and oxygen atoms in total. The van der Waals surface area contributed by atoms with Crippen LogP contribution in [0.5, 0.6) is 5.75 Å². The van der Waals surface area contributed by atoms with Crippen LogP contribution in [-0.4, -0.2) is 19.0 Å². The van der Waals surface area contributed by atoms with Crippen molar-refractivity contribution in [2.24, 2.45) is 0 Å².